The summed E-state index contributed by atoms with van der Waals surface area (Å²) in [5.74, 6) is -0.345. The first kappa shape index (κ1) is 11.3. The number of pyridine rings is 1. The monoisotopic (exact) mass is 227 g/mol. The van der Waals surface area contributed by atoms with Gasteiger partial charge in [-0.1, -0.05) is 24.3 Å². The molecule has 0 amide bonds. The largest absolute Gasteiger partial charge is 0.463 e. The van der Waals surface area contributed by atoms with Crippen molar-refractivity contribution < 1.29 is 9.53 Å². The minimum absolute atomic E-state index is 0.345. The second-order valence-corrected chi connectivity index (χ2v) is 3.54. The van der Waals surface area contributed by atoms with Crippen LogP contribution in [0, 0.1) is 0 Å². The summed E-state index contributed by atoms with van der Waals surface area (Å²) in [6.07, 6.45) is 4.84. The van der Waals surface area contributed by atoms with Crippen LogP contribution in [0.3, 0.4) is 0 Å². The van der Waals surface area contributed by atoms with E-state index < -0.39 is 0 Å². The molecule has 0 radical (unpaired) electrons. The standard InChI is InChI=1S/C14H13NO2/c1-2-17-14(16)8-7-13-9-11-5-3-4-6-12(11)10-15-13/h3-10H,2H2,1H3/b8-7+. The zero-order valence-corrected chi connectivity index (χ0v) is 9.59. The molecule has 0 saturated heterocycles. The van der Waals surface area contributed by atoms with Gasteiger partial charge in [-0.2, -0.15) is 0 Å². The quantitative estimate of drug-likeness (QED) is 0.598. The van der Waals surface area contributed by atoms with E-state index in [-0.39, 0.29) is 5.97 Å². The van der Waals surface area contributed by atoms with Crippen LogP contribution in [-0.2, 0) is 9.53 Å². The lowest BCUT2D eigenvalue weighted by Gasteiger charge is -1.98. The zero-order chi connectivity index (χ0) is 12.1. The van der Waals surface area contributed by atoms with Crippen molar-refractivity contribution >= 4 is 22.8 Å². The maximum Gasteiger partial charge on any atom is 0.330 e. The van der Waals surface area contributed by atoms with Gasteiger partial charge in [0.25, 0.3) is 0 Å². The molecule has 3 heteroatoms. The summed E-state index contributed by atoms with van der Waals surface area (Å²) in [7, 11) is 0. The third-order valence-electron chi connectivity index (χ3n) is 2.33. The molecule has 0 spiro atoms. The van der Waals surface area contributed by atoms with Crippen LogP contribution in [0.2, 0.25) is 0 Å². The number of carbonyl (C=O) groups excluding carboxylic acids is 1. The van der Waals surface area contributed by atoms with E-state index in [0.717, 1.165) is 16.5 Å². The lowest BCUT2D eigenvalue weighted by atomic mass is 10.1. The van der Waals surface area contributed by atoms with E-state index in [2.05, 4.69) is 4.98 Å². The number of carbonyl (C=O) groups is 1. The highest BCUT2D eigenvalue weighted by Gasteiger charge is 1.96. The molecule has 0 aliphatic rings. The molecule has 1 aromatic carbocycles. The number of hydrogen-bond acceptors (Lipinski definition) is 3. The Morgan fingerprint density at radius 2 is 2.12 bits per heavy atom. The van der Waals surface area contributed by atoms with E-state index in [1.165, 1.54) is 6.08 Å². The van der Waals surface area contributed by atoms with Gasteiger partial charge in [0.15, 0.2) is 0 Å². The van der Waals surface area contributed by atoms with E-state index in [1.54, 1.807) is 19.2 Å². The van der Waals surface area contributed by atoms with Gasteiger partial charge in [-0.15, -0.1) is 0 Å². The van der Waals surface area contributed by atoms with Crippen LogP contribution in [0.15, 0.2) is 42.6 Å². The van der Waals surface area contributed by atoms with E-state index in [0.29, 0.717) is 6.61 Å². The van der Waals surface area contributed by atoms with Gasteiger partial charge >= 0.3 is 5.97 Å². The Labute approximate surface area is 99.7 Å². The Kier molecular flexibility index (Phi) is 3.50. The molecule has 0 unspecified atom stereocenters. The molecule has 86 valence electrons. The second kappa shape index (κ2) is 5.25. The van der Waals surface area contributed by atoms with Crippen LogP contribution < -0.4 is 0 Å². The maximum atomic E-state index is 11.1. The molecule has 0 fully saturated rings. The fourth-order valence-corrected chi connectivity index (χ4v) is 1.54. The minimum Gasteiger partial charge on any atom is -0.463 e. The van der Waals surface area contributed by atoms with E-state index in [1.807, 2.05) is 30.3 Å². The Morgan fingerprint density at radius 3 is 2.88 bits per heavy atom. The number of nitrogens with zero attached hydrogens (tertiary/aromatic N) is 1. The third-order valence-corrected chi connectivity index (χ3v) is 2.33. The number of hydrogen-bond donors (Lipinski definition) is 0. The summed E-state index contributed by atoms with van der Waals surface area (Å²) in [6.45, 7) is 2.16. The molecule has 17 heavy (non-hydrogen) atoms. The van der Waals surface area contributed by atoms with Crippen LogP contribution in [0.1, 0.15) is 12.6 Å². The van der Waals surface area contributed by atoms with Gasteiger partial charge in [-0.3, -0.25) is 4.98 Å². The lowest BCUT2D eigenvalue weighted by Crippen LogP contribution is -1.98. The first-order chi connectivity index (χ1) is 8.29. The lowest BCUT2D eigenvalue weighted by molar-refractivity contribution is -0.137. The Balaban J connectivity index is 2.22. The normalized spacial score (nSPS) is 10.9. The molecular weight excluding hydrogens is 214 g/mol. The summed E-state index contributed by atoms with van der Waals surface area (Å²) in [6, 6.07) is 9.89. The molecule has 0 aliphatic heterocycles. The van der Waals surface area contributed by atoms with Crippen molar-refractivity contribution in [1.29, 1.82) is 0 Å². The Morgan fingerprint density at radius 1 is 1.35 bits per heavy atom. The molecule has 0 atom stereocenters. The van der Waals surface area contributed by atoms with Crippen LogP contribution in [0.5, 0.6) is 0 Å². The molecular formula is C14H13NO2. The van der Waals surface area contributed by atoms with Crippen LogP contribution >= 0.6 is 0 Å². The smallest absolute Gasteiger partial charge is 0.330 e. The number of aromatic nitrogens is 1. The fraction of sp³-hybridized carbons (Fsp3) is 0.143. The third kappa shape index (κ3) is 2.91. The highest BCUT2D eigenvalue weighted by molar-refractivity contribution is 5.88. The topological polar surface area (TPSA) is 39.2 Å². The van der Waals surface area contributed by atoms with E-state index in [4.69, 9.17) is 4.74 Å². The molecule has 0 aliphatic carbocycles. The van der Waals surface area contributed by atoms with Gasteiger partial charge in [0.2, 0.25) is 0 Å². The highest BCUT2D eigenvalue weighted by atomic mass is 16.5. The number of rotatable bonds is 3. The van der Waals surface area contributed by atoms with E-state index >= 15 is 0 Å². The van der Waals surface area contributed by atoms with Crippen LogP contribution in [-0.4, -0.2) is 17.6 Å². The van der Waals surface area contributed by atoms with Crippen LogP contribution in [0.4, 0.5) is 0 Å². The predicted molar refractivity (Wildman–Crippen MR) is 67.4 cm³/mol. The Bertz CT molecular complexity index is 561. The van der Waals surface area contributed by atoms with Crippen molar-refractivity contribution in [3.05, 3.63) is 48.3 Å². The molecule has 0 N–H and O–H groups in total. The van der Waals surface area contributed by atoms with Gasteiger partial charge < -0.3 is 4.74 Å². The number of esters is 1. The summed E-state index contributed by atoms with van der Waals surface area (Å²) >= 11 is 0. The molecule has 1 heterocycles. The van der Waals surface area contributed by atoms with Gasteiger partial charge in [0.05, 0.1) is 12.3 Å². The predicted octanol–water partition coefficient (Wildman–Crippen LogP) is 2.81. The van der Waals surface area contributed by atoms with Crippen molar-refractivity contribution in [2.24, 2.45) is 0 Å². The number of ether oxygens (including phenoxy) is 1. The fourth-order valence-electron chi connectivity index (χ4n) is 1.54. The molecule has 3 nitrogen and oxygen atoms in total. The SMILES string of the molecule is CCOC(=O)/C=C/c1cc2ccccc2cn1. The van der Waals surface area contributed by atoms with Crippen LogP contribution in [0.25, 0.3) is 16.8 Å². The number of fused-ring (bicyclic) bond motifs is 1. The molecule has 0 bridgehead atoms. The summed E-state index contributed by atoms with van der Waals surface area (Å²) in [5, 5.41) is 2.19. The van der Waals surface area contributed by atoms with Gasteiger partial charge in [-0.25, -0.2) is 4.79 Å². The van der Waals surface area contributed by atoms with Crippen molar-refractivity contribution in [2.75, 3.05) is 6.61 Å². The van der Waals surface area contributed by atoms with Gasteiger partial charge in [-0.05, 0) is 24.5 Å². The van der Waals surface area contributed by atoms with Gasteiger partial charge in [0, 0.05) is 17.7 Å². The summed E-state index contributed by atoms with van der Waals surface area (Å²) in [4.78, 5) is 15.4. The first-order valence-corrected chi connectivity index (χ1v) is 5.49. The zero-order valence-electron chi connectivity index (χ0n) is 9.59. The van der Waals surface area contributed by atoms with Crippen molar-refractivity contribution in [2.45, 2.75) is 6.92 Å². The van der Waals surface area contributed by atoms with Crippen molar-refractivity contribution in [3.8, 4) is 0 Å². The molecule has 0 saturated carbocycles. The average molecular weight is 227 g/mol. The summed E-state index contributed by atoms with van der Waals surface area (Å²) in [5.41, 5.74) is 0.747. The highest BCUT2D eigenvalue weighted by Crippen LogP contribution is 2.13. The first-order valence-electron chi connectivity index (χ1n) is 5.49. The minimum atomic E-state index is -0.345. The maximum absolute atomic E-state index is 11.1. The van der Waals surface area contributed by atoms with Crippen molar-refractivity contribution in [1.82, 2.24) is 4.98 Å². The molecule has 1 aromatic heterocycles. The molecule has 2 rings (SSSR count). The number of benzene rings is 1. The van der Waals surface area contributed by atoms with Crippen molar-refractivity contribution in [3.63, 3.8) is 0 Å². The molecule has 2 aromatic rings. The second-order valence-electron chi connectivity index (χ2n) is 3.54. The van der Waals surface area contributed by atoms with Gasteiger partial charge in [0.1, 0.15) is 0 Å². The summed E-state index contributed by atoms with van der Waals surface area (Å²) < 4.78 is 4.80. The average Bonchev–Trinajstić information content (AvgIpc) is 2.36. The van der Waals surface area contributed by atoms with E-state index in [9.17, 15) is 4.79 Å². The Hall–Kier alpha value is -2.16.